The molecule has 0 radical (unpaired) electrons. The maximum atomic E-state index is 10.5. The first-order chi connectivity index (χ1) is 6.85. The van der Waals surface area contributed by atoms with E-state index in [0.29, 0.717) is 0 Å². The molecule has 1 unspecified atom stereocenters. The van der Waals surface area contributed by atoms with Gasteiger partial charge in [-0.25, -0.2) is 0 Å². The smallest absolute Gasteiger partial charge is 0.386 e. The number of halogens is 1. The predicted molar refractivity (Wildman–Crippen MR) is 51.7 cm³/mol. The van der Waals surface area contributed by atoms with Gasteiger partial charge in [-0.15, -0.1) is 0 Å². The number of nitrogens with one attached hydrogen (secondary N) is 1. The van der Waals surface area contributed by atoms with E-state index in [-0.39, 0.29) is 17.4 Å². The molecule has 0 aliphatic rings. The molecule has 0 aromatic carbocycles. The standard InChI is InChI=1S/C7H10ClN3O4/c1-7(13,3-12)2-4-5(11(14)15)10-6(8)9-4/h12-13H,2-3H2,1H3,(H,9,10). The lowest BCUT2D eigenvalue weighted by atomic mass is 10.0. The second-order valence-electron chi connectivity index (χ2n) is 3.42. The highest BCUT2D eigenvalue weighted by molar-refractivity contribution is 6.28. The highest BCUT2D eigenvalue weighted by Crippen LogP contribution is 2.22. The lowest BCUT2D eigenvalue weighted by Gasteiger charge is -2.18. The van der Waals surface area contributed by atoms with Gasteiger partial charge >= 0.3 is 11.1 Å². The quantitative estimate of drug-likeness (QED) is 0.512. The molecule has 1 heterocycles. The molecule has 0 aliphatic carbocycles. The van der Waals surface area contributed by atoms with Gasteiger partial charge in [-0.3, -0.25) is 0 Å². The Morgan fingerprint density at radius 2 is 2.33 bits per heavy atom. The van der Waals surface area contributed by atoms with Crippen molar-refractivity contribution in [3.8, 4) is 0 Å². The molecule has 8 heteroatoms. The average Bonchev–Trinajstić information content (AvgIpc) is 2.46. The summed E-state index contributed by atoms with van der Waals surface area (Å²) < 4.78 is 0. The van der Waals surface area contributed by atoms with E-state index in [9.17, 15) is 15.2 Å². The third-order valence-electron chi connectivity index (χ3n) is 1.80. The summed E-state index contributed by atoms with van der Waals surface area (Å²) in [7, 11) is 0. The van der Waals surface area contributed by atoms with Crippen molar-refractivity contribution < 1.29 is 15.1 Å². The molecule has 0 saturated carbocycles. The lowest BCUT2D eigenvalue weighted by molar-refractivity contribution is -0.390. The largest absolute Gasteiger partial charge is 0.393 e. The molecule has 1 aromatic heterocycles. The number of aromatic amines is 1. The number of aromatic nitrogens is 2. The van der Waals surface area contributed by atoms with Gasteiger partial charge in [0.1, 0.15) is 5.69 Å². The Kier molecular flexibility index (Phi) is 3.28. The Labute approximate surface area is 89.9 Å². The summed E-state index contributed by atoms with van der Waals surface area (Å²) in [6.07, 6.45) is -0.125. The molecule has 1 rings (SSSR count). The third kappa shape index (κ3) is 2.88. The minimum Gasteiger partial charge on any atom is -0.393 e. The number of H-pyrrole nitrogens is 1. The highest BCUT2D eigenvalue weighted by Gasteiger charge is 2.28. The second kappa shape index (κ2) is 4.13. The fraction of sp³-hybridized carbons (Fsp3) is 0.571. The molecular weight excluding hydrogens is 226 g/mol. The fourth-order valence-corrected chi connectivity index (χ4v) is 1.27. The Hall–Kier alpha value is -1.18. The molecule has 0 saturated heterocycles. The maximum Gasteiger partial charge on any atom is 0.386 e. The van der Waals surface area contributed by atoms with Crippen molar-refractivity contribution in [2.45, 2.75) is 18.9 Å². The topological polar surface area (TPSA) is 112 Å². The van der Waals surface area contributed by atoms with Crippen molar-refractivity contribution in [3.05, 3.63) is 21.1 Å². The Bertz CT molecular complexity index is 376. The first-order valence-electron chi connectivity index (χ1n) is 4.08. The molecule has 3 N–H and O–H groups in total. The number of rotatable bonds is 4. The number of hydrogen-bond donors (Lipinski definition) is 3. The summed E-state index contributed by atoms with van der Waals surface area (Å²) in [5, 5.41) is 28.7. The number of imidazole rings is 1. The van der Waals surface area contributed by atoms with E-state index < -0.39 is 22.9 Å². The van der Waals surface area contributed by atoms with Crippen LogP contribution >= 0.6 is 11.6 Å². The van der Waals surface area contributed by atoms with E-state index in [1.165, 1.54) is 6.92 Å². The van der Waals surface area contributed by atoms with Crippen LogP contribution in [0.25, 0.3) is 0 Å². The van der Waals surface area contributed by atoms with Gasteiger partial charge in [0.2, 0.25) is 0 Å². The molecular formula is C7H10ClN3O4. The second-order valence-corrected chi connectivity index (χ2v) is 3.78. The van der Waals surface area contributed by atoms with Gasteiger partial charge in [0.25, 0.3) is 0 Å². The van der Waals surface area contributed by atoms with Crippen LogP contribution in [-0.4, -0.2) is 37.3 Å². The van der Waals surface area contributed by atoms with E-state index in [2.05, 4.69) is 9.97 Å². The van der Waals surface area contributed by atoms with Crippen LogP contribution in [0.4, 0.5) is 5.82 Å². The predicted octanol–water partition coefficient (Wildman–Crippen LogP) is 0.257. The first kappa shape index (κ1) is 11.9. The molecule has 0 bridgehead atoms. The van der Waals surface area contributed by atoms with Crippen molar-refractivity contribution in [2.24, 2.45) is 0 Å². The van der Waals surface area contributed by atoms with Gasteiger partial charge in [0.15, 0.2) is 0 Å². The van der Waals surface area contributed by atoms with Crippen LogP contribution in [0, 0.1) is 10.1 Å². The fourth-order valence-electron chi connectivity index (χ4n) is 1.08. The number of nitrogens with zero attached hydrogens (tertiary/aromatic N) is 2. The van der Waals surface area contributed by atoms with Gasteiger partial charge in [0, 0.05) is 6.42 Å². The van der Waals surface area contributed by atoms with Crippen molar-refractivity contribution in [1.82, 2.24) is 9.97 Å². The molecule has 0 amide bonds. The normalized spacial score (nSPS) is 14.9. The molecule has 15 heavy (non-hydrogen) atoms. The zero-order chi connectivity index (χ0) is 11.6. The van der Waals surface area contributed by atoms with E-state index in [4.69, 9.17) is 16.7 Å². The third-order valence-corrected chi connectivity index (χ3v) is 1.98. The van der Waals surface area contributed by atoms with Crippen molar-refractivity contribution in [1.29, 1.82) is 0 Å². The van der Waals surface area contributed by atoms with E-state index in [1.807, 2.05) is 0 Å². The summed E-state index contributed by atoms with van der Waals surface area (Å²) in [5.74, 6) is -0.436. The van der Waals surface area contributed by atoms with Gasteiger partial charge in [-0.1, -0.05) is 0 Å². The molecule has 1 aromatic rings. The van der Waals surface area contributed by atoms with Crippen molar-refractivity contribution in [3.63, 3.8) is 0 Å². The Morgan fingerprint density at radius 1 is 1.73 bits per heavy atom. The van der Waals surface area contributed by atoms with Crippen molar-refractivity contribution in [2.75, 3.05) is 6.61 Å². The summed E-state index contributed by atoms with van der Waals surface area (Å²) in [4.78, 5) is 15.7. The van der Waals surface area contributed by atoms with Crippen LogP contribution in [0.5, 0.6) is 0 Å². The minimum atomic E-state index is -1.44. The molecule has 0 fully saturated rings. The molecule has 1 atom stereocenters. The number of aliphatic hydroxyl groups excluding tert-OH is 1. The zero-order valence-corrected chi connectivity index (χ0v) is 8.65. The Morgan fingerprint density at radius 3 is 2.80 bits per heavy atom. The highest BCUT2D eigenvalue weighted by atomic mass is 35.5. The average molecular weight is 236 g/mol. The minimum absolute atomic E-state index is 0.0871. The van der Waals surface area contributed by atoms with E-state index in [1.54, 1.807) is 0 Å². The zero-order valence-electron chi connectivity index (χ0n) is 7.90. The van der Waals surface area contributed by atoms with Crippen LogP contribution in [0.3, 0.4) is 0 Å². The van der Waals surface area contributed by atoms with Gasteiger partial charge in [-0.2, -0.15) is 0 Å². The number of hydrogen-bond acceptors (Lipinski definition) is 5. The molecule has 7 nitrogen and oxygen atoms in total. The molecule has 84 valence electrons. The van der Waals surface area contributed by atoms with Gasteiger partial charge in [-0.05, 0) is 28.4 Å². The number of aliphatic hydroxyl groups is 2. The maximum absolute atomic E-state index is 10.5. The van der Waals surface area contributed by atoms with Crippen LogP contribution in [0.15, 0.2) is 0 Å². The summed E-state index contributed by atoms with van der Waals surface area (Å²) in [5.41, 5.74) is -1.36. The van der Waals surface area contributed by atoms with Crippen LogP contribution < -0.4 is 0 Å². The summed E-state index contributed by atoms with van der Waals surface area (Å²) >= 11 is 5.47. The van der Waals surface area contributed by atoms with Gasteiger partial charge in [0.05, 0.1) is 12.2 Å². The van der Waals surface area contributed by atoms with Crippen LogP contribution in [-0.2, 0) is 6.42 Å². The summed E-state index contributed by atoms with van der Waals surface area (Å²) in [6, 6.07) is 0. The SMILES string of the molecule is CC(O)(CO)Cc1[nH]c(Cl)nc1[N+](=O)[O-]. The van der Waals surface area contributed by atoms with E-state index >= 15 is 0 Å². The summed E-state index contributed by atoms with van der Waals surface area (Å²) in [6.45, 7) is 0.840. The monoisotopic (exact) mass is 235 g/mol. The lowest BCUT2D eigenvalue weighted by Crippen LogP contribution is -2.32. The molecule has 0 spiro atoms. The van der Waals surface area contributed by atoms with Crippen LogP contribution in [0.2, 0.25) is 5.28 Å². The van der Waals surface area contributed by atoms with Crippen molar-refractivity contribution >= 4 is 17.4 Å². The van der Waals surface area contributed by atoms with Gasteiger partial charge < -0.3 is 25.3 Å². The van der Waals surface area contributed by atoms with Crippen LogP contribution in [0.1, 0.15) is 12.6 Å². The first-order valence-corrected chi connectivity index (χ1v) is 4.45. The molecule has 0 aliphatic heterocycles. The number of nitro groups is 1. The van der Waals surface area contributed by atoms with E-state index in [0.717, 1.165) is 0 Å². The Balaban J connectivity index is 2.99.